The van der Waals surface area contributed by atoms with Crippen LogP contribution in [-0.2, 0) is 0 Å². The molecule has 0 aliphatic heterocycles. The average molecular weight is 248 g/mol. The van der Waals surface area contributed by atoms with Crippen molar-refractivity contribution in [1.29, 1.82) is 0 Å². The summed E-state index contributed by atoms with van der Waals surface area (Å²) in [6, 6.07) is 3.80. The molecule has 0 aliphatic rings. The number of rotatable bonds is 3. The van der Waals surface area contributed by atoms with Crippen molar-refractivity contribution < 1.29 is 0 Å². The Morgan fingerprint density at radius 1 is 1.29 bits per heavy atom. The van der Waals surface area contributed by atoms with Crippen LogP contribution in [0.2, 0.25) is 0 Å². The maximum absolute atomic E-state index is 6.24. The monoisotopic (exact) mass is 248 g/mol. The predicted octanol–water partition coefficient (Wildman–Crippen LogP) is 2.41. The molecule has 0 radical (unpaired) electrons. The maximum Gasteiger partial charge on any atom is 0.0832 e. The third-order valence-electron chi connectivity index (χ3n) is 2.66. The first-order valence-corrected chi connectivity index (χ1v) is 6.37. The van der Waals surface area contributed by atoms with Gasteiger partial charge in [0.15, 0.2) is 0 Å². The smallest absolute Gasteiger partial charge is 0.0832 e. The van der Waals surface area contributed by atoms with E-state index in [1.165, 1.54) is 11.5 Å². The Hall–Kier alpha value is -1.33. The quantitative estimate of drug-likeness (QED) is 0.906. The van der Waals surface area contributed by atoms with Gasteiger partial charge in [0, 0.05) is 11.9 Å². The Balaban J connectivity index is 2.33. The van der Waals surface area contributed by atoms with Crippen LogP contribution < -0.4 is 5.73 Å². The number of hydrogen-bond donors (Lipinski definition) is 1. The van der Waals surface area contributed by atoms with E-state index in [2.05, 4.69) is 28.4 Å². The van der Waals surface area contributed by atoms with E-state index in [-0.39, 0.29) is 6.04 Å². The van der Waals surface area contributed by atoms with E-state index in [0.717, 1.165) is 21.8 Å². The molecule has 0 amide bonds. The van der Waals surface area contributed by atoms with Gasteiger partial charge in [-0.3, -0.25) is 4.98 Å². The minimum atomic E-state index is -0.180. The van der Waals surface area contributed by atoms with Crippen molar-refractivity contribution in [2.75, 3.05) is 0 Å². The van der Waals surface area contributed by atoms with Crippen molar-refractivity contribution >= 4 is 11.5 Å². The van der Waals surface area contributed by atoms with Gasteiger partial charge in [0.25, 0.3) is 0 Å². The van der Waals surface area contributed by atoms with Gasteiger partial charge >= 0.3 is 0 Å². The van der Waals surface area contributed by atoms with E-state index in [0.29, 0.717) is 5.92 Å². The average Bonchev–Trinajstić information content (AvgIpc) is 2.78. The molecule has 2 aromatic rings. The van der Waals surface area contributed by atoms with E-state index in [1.807, 2.05) is 25.3 Å². The van der Waals surface area contributed by atoms with E-state index in [4.69, 9.17) is 5.73 Å². The number of aromatic nitrogens is 3. The Kier molecular flexibility index (Phi) is 3.49. The van der Waals surface area contributed by atoms with Crippen molar-refractivity contribution in [3.05, 3.63) is 40.2 Å². The summed E-state index contributed by atoms with van der Waals surface area (Å²) in [5, 5.41) is 4.15. The molecule has 0 spiro atoms. The molecule has 2 N–H and O–H groups in total. The molecule has 5 heteroatoms. The fourth-order valence-electron chi connectivity index (χ4n) is 1.64. The first kappa shape index (κ1) is 12.1. The molecule has 2 heterocycles. The SMILES string of the molecule is Cc1ccc(C(N)c2snnc2C(C)C)cn1. The van der Waals surface area contributed by atoms with Gasteiger partial charge in [0.2, 0.25) is 0 Å². The summed E-state index contributed by atoms with van der Waals surface area (Å²) in [7, 11) is 0. The van der Waals surface area contributed by atoms with Crippen molar-refractivity contribution in [2.24, 2.45) is 5.73 Å². The number of pyridine rings is 1. The van der Waals surface area contributed by atoms with Crippen LogP contribution in [0.25, 0.3) is 0 Å². The first-order chi connectivity index (χ1) is 8.09. The molecule has 0 bridgehead atoms. The Labute approximate surface area is 105 Å². The summed E-state index contributed by atoms with van der Waals surface area (Å²) in [5.41, 5.74) is 9.23. The predicted molar refractivity (Wildman–Crippen MR) is 69.0 cm³/mol. The molecule has 90 valence electrons. The van der Waals surface area contributed by atoms with Crippen LogP contribution in [0.15, 0.2) is 18.3 Å². The van der Waals surface area contributed by atoms with Gasteiger partial charge in [0.05, 0.1) is 16.6 Å². The molecule has 17 heavy (non-hydrogen) atoms. The van der Waals surface area contributed by atoms with Crippen LogP contribution in [0.5, 0.6) is 0 Å². The Bertz CT molecular complexity index is 489. The second-order valence-corrected chi connectivity index (χ2v) is 5.17. The second-order valence-electron chi connectivity index (χ2n) is 4.39. The molecule has 2 aromatic heterocycles. The van der Waals surface area contributed by atoms with Crippen LogP contribution in [0.1, 0.15) is 47.6 Å². The number of nitrogens with two attached hydrogens (primary N) is 1. The third kappa shape index (κ3) is 2.50. The van der Waals surface area contributed by atoms with Gasteiger partial charge in [-0.2, -0.15) is 0 Å². The lowest BCUT2D eigenvalue weighted by atomic mass is 10.0. The van der Waals surface area contributed by atoms with Crippen molar-refractivity contribution in [3.63, 3.8) is 0 Å². The number of aryl methyl sites for hydroxylation is 1. The molecule has 1 unspecified atom stereocenters. The molecular formula is C12H16N4S. The largest absolute Gasteiger partial charge is 0.319 e. The van der Waals surface area contributed by atoms with Gasteiger partial charge in [-0.25, -0.2) is 0 Å². The van der Waals surface area contributed by atoms with Crippen molar-refractivity contribution in [2.45, 2.75) is 32.7 Å². The maximum atomic E-state index is 6.24. The van der Waals surface area contributed by atoms with Gasteiger partial charge in [-0.1, -0.05) is 24.4 Å². The highest BCUT2D eigenvalue weighted by molar-refractivity contribution is 7.05. The van der Waals surface area contributed by atoms with E-state index in [1.54, 1.807) is 0 Å². The van der Waals surface area contributed by atoms with Gasteiger partial charge < -0.3 is 5.73 Å². The zero-order valence-electron chi connectivity index (χ0n) is 10.2. The molecule has 0 aromatic carbocycles. The lowest BCUT2D eigenvalue weighted by molar-refractivity contribution is 0.769. The third-order valence-corrected chi connectivity index (χ3v) is 3.49. The van der Waals surface area contributed by atoms with Crippen LogP contribution in [0.3, 0.4) is 0 Å². The lowest BCUT2D eigenvalue weighted by Gasteiger charge is -2.12. The molecule has 0 fully saturated rings. The standard InChI is InChI=1S/C12H16N4S/c1-7(2)11-12(17-16-15-11)10(13)9-5-4-8(3)14-6-9/h4-7,10H,13H2,1-3H3. The van der Waals surface area contributed by atoms with E-state index in [9.17, 15) is 0 Å². The highest BCUT2D eigenvalue weighted by Crippen LogP contribution is 2.28. The van der Waals surface area contributed by atoms with Crippen LogP contribution in [0, 0.1) is 6.92 Å². The number of hydrogen-bond acceptors (Lipinski definition) is 5. The Morgan fingerprint density at radius 2 is 2.06 bits per heavy atom. The molecule has 1 atom stereocenters. The summed E-state index contributed by atoms with van der Waals surface area (Å²) in [6.45, 7) is 6.16. The summed E-state index contributed by atoms with van der Waals surface area (Å²) in [6.07, 6.45) is 1.82. The van der Waals surface area contributed by atoms with Crippen LogP contribution in [0.4, 0.5) is 0 Å². The first-order valence-electron chi connectivity index (χ1n) is 5.60. The van der Waals surface area contributed by atoms with Crippen molar-refractivity contribution in [3.8, 4) is 0 Å². The highest BCUT2D eigenvalue weighted by atomic mass is 32.1. The summed E-state index contributed by atoms with van der Waals surface area (Å²) < 4.78 is 4.00. The minimum Gasteiger partial charge on any atom is -0.319 e. The zero-order chi connectivity index (χ0) is 12.4. The van der Waals surface area contributed by atoms with Gasteiger partial charge in [-0.15, -0.1) is 5.10 Å². The normalized spacial score (nSPS) is 13.0. The molecule has 0 saturated heterocycles. The van der Waals surface area contributed by atoms with E-state index < -0.39 is 0 Å². The molecule has 4 nitrogen and oxygen atoms in total. The second kappa shape index (κ2) is 4.89. The summed E-state index contributed by atoms with van der Waals surface area (Å²) in [4.78, 5) is 5.30. The Morgan fingerprint density at radius 3 is 2.65 bits per heavy atom. The van der Waals surface area contributed by atoms with E-state index >= 15 is 0 Å². The summed E-state index contributed by atoms with van der Waals surface area (Å²) >= 11 is 1.37. The molecule has 0 saturated carbocycles. The van der Waals surface area contributed by atoms with Gasteiger partial charge in [-0.05, 0) is 36.0 Å². The fraction of sp³-hybridized carbons (Fsp3) is 0.417. The highest BCUT2D eigenvalue weighted by Gasteiger charge is 2.19. The van der Waals surface area contributed by atoms with Gasteiger partial charge in [0.1, 0.15) is 0 Å². The number of nitrogens with zero attached hydrogens (tertiary/aromatic N) is 3. The minimum absolute atomic E-state index is 0.180. The molecular weight excluding hydrogens is 232 g/mol. The van der Waals surface area contributed by atoms with Crippen molar-refractivity contribution in [1.82, 2.24) is 14.6 Å². The molecule has 0 aliphatic carbocycles. The fourth-order valence-corrected chi connectivity index (χ4v) is 2.47. The topological polar surface area (TPSA) is 64.7 Å². The van der Waals surface area contributed by atoms with Crippen LogP contribution >= 0.6 is 11.5 Å². The summed E-state index contributed by atoms with van der Waals surface area (Å²) in [5.74, 6) is 0.341. The zero-order valence-corrected chi connectivity index (χ0v) is 11.0. The lowest BCUT2D eigenvalue weighted by Crippen LogP contribution is -2.13. The van der Waals surface area contributed by atoms with Crippen LogP contribution in [-0.4, -0.2) is 14.6 Å². The molecule has 2 rings (SSSR count).